The molecule has 0 atom stereocenters. The highest BCUT2D eigenvalue weighted by Gasteiger charge is 2.27. The van der Waals surface area contributed by atoms with Crippen LogP contribution >= 0.6 is 0 Å². The van der Waals surface area contributed by atoms with Gasteiger partial charge in [-0.3, -0.25) is 0 Å². The van der Waals surface area contributed by atoms with Gasteiger partial charge < -0.3 is 19.9 Å². The Morgan fingerprint density at radius 1 is 1.20 bits per heavy atom. The van der Waals surface area contributed by atoms with Gasteiger partial charge in [-0.05, 0) is 18.2 Å². The molecular formula is C16H25N3O. The van der Waals surface area contributed by atoms with Crippen molar-refractivity contribution >= 4 is 11.4 Å². The van der Waals surface area contributed by atoms with Gasteiger partial charge in [0.25, 0.3) is 0 Å². The van der Waals surface area contributed by atoms with E-state index in [0.29, 0.717) is 0 Å². The van der Waals surface area contributed by atoms with Crippen molar-refractivity contribution in [2.45, 2.75) is 13.8 Å². The largest absolute Gasteiger partial charge is 0.491 e. The standard InChI is InChI=1S/C16H25N3O/c1-16(2)11-18(3)14-10-13(4-5-15(14)20-12-16)19-8-6-17-7-9-19/h4-5,10,17H,6-9,11-12H2,1-3H3. The predicted molar refractivity (Wildman–Crippen MR) is 84.1 cm³/mol. The zero-order valence-corrected chi connectivity index (χ0v) is 12.8. The molecule has 1 aromatic rings. The summed E-state index contributed by atoms with van der Waals surface area (Å²) in [6.45, 7) is 10.6. The van der Waals surface area contributed by atoms with E-state index in [1.165, 1.54) is 11.4 Å². The van der Waals surface area contributed by atoms with Crippen LogP contribution in [0, 0.1) is 5.41 Å². The van der Waals surface area contributed by atoms with Crippen molar-refractivity contribution in [2.75, 3.05) is 56.2 Å². The van der Waals surface area contributed by atoms with Crippen LogP contribution in [-0.2, 0) is 0 Å². The summed E-state index contributed by atoms with van der Waals surface area (Å²) in [5.74, 6) is 1.01. The van der Waals surface area contributed by atoms with Gasteiger partial charge in [0.2, 0.25) is 0 Å². The Morgan fingerprint density at radius 3 is 2.70 bits per heavy atom. The Balaban J connectivity index is 1.88. The maximum Gasteiger partial charge on any atom is 0.142 e. The molecule has 4 heteroatoms. The quantitative estimate of drug-likeness (QED) is 0.848. The minimum atomic E-state index is 0.184. The average molecular weight is 275 g/mol. The molecule has 0 radical (unpaired) electrons. The molecular weight excluding hydrogens is 250 g/mol. The molecule has 0 spiro atoms. The highest BCUT2D eigenvalue weighted by Crippen LogP contribution is 2.37. The van der Waals surface area contributed by atoms with Crippen molar-refractivity contribution in [2.24, 2.45) is 5.41 Å². The summed E-state index contributed by atoms with van der Waals surface area (Å²) in [6.07, 6.45) is 0. The van der Waals surface area contributed by atoms with Gasteiger partial charge >= 0.3 is 0 Å². The second-order valence-electron chi connectivity index (χ2n) is 6.70. The molecule has 0 aromatic heterocycles. The van der Waals surface area contributed by atoms with Crippen molar-refractivity contribution in [3.05, 3.63) is 18.2 Å². The van der Waals surface area contributed by atoms with Crippen molar-refractivity contribution in [3.8, 4) is 5.75 Å². The van der Waals surface area contributed by atoms with Crippen LogP contribution in [0.15, 0.2) is 18.2 Å². The van der Waals surface area contributed by atoms with Gasteiger partial charge in [-0.2, -0.15) is 0 Å². The molecule has 0 saturated carbocycles. The average Bonchev–Trinajstić information content (AvgIpc) is 2.56. The van der Waals surface area contributed by atoms with Gasteiger partial charge in [-0.15, -0.1) is 0 Å². The number of benzene rings is 1. The van der Waals surface area contributed by atoms with Crippen LogP contribution in [0.1, 0.15) is 13.8 Å². The number of fused-ring (bicyclic) bond motifs is 1. The SMILES string of the molecule is CN1CC(C)(C)COc2ccc(N3CCNCC3)cc21. The zero-order chi connectivity index (χ0) is 14.2. The van der Waals surface area contributed by atoms with Gasteiger partial charge in [0.1, 0.15) is 5.75 Å². The summed E-state index contributed by atoms with van der Waals surface area (Å²) in [6, 6.07) is 6.60. The van der Waals surface area contributed by atoms with Crippen LogP contribution in [0.25, 0.3) is 0 Å². The number of anilines is 2. The Bertz CT molecular complexity index is 481. The van der Waals surface area contributed by atoms with Gasteiger partial charge in [0.05, 0.1) is 12.3 Å². The molecule has 1 fully saturated rings. The normalized spacial score (nSPS) is 21.9. The number of rotatable bonds is 1. The first-order valence-electron chi connectivity index (χ1n) is 7.49. The number of piperazine rings is 1. The van der Waals surface area contributed by atoms with Crippen LogP contribution in [0.4, 0.5) is 11.4 Å². The lowest BCUT2D eigenvalue weighted by atomic mass is 9.94. The second-order valence-corrected chi connectivity index (χ2v) is 6.70. The first-order valence-corrected chi connectivity index (χ1v) is 7.49. The summed E-state index contributed by atoms with van der Waals surface area (Å²) < 4.78 is 6.00. The lowest BCUT2D eigenvalue weighted by Crippen LogP contribution is -2.43. The van der Waals surface area contributed by atoms with E-state index in [1.54, 1.807) is 0 Å². The summed E-state index contributed by atoms with van der Waals surface area (Å²) in [7, 11) is 2.16. The van der Waals surface area contributed by atoms with E-state index < -0.39 is 0 Å². The van der Waals surface area contributed by atoms with E-state index in [9.17, 15) is 0 Å². The first-order chi connectivity index (χ1) is 9.55. The summed E-state index contributed by atoms with van der Waals surface area (Å²) in [4.78, 5) is 4.77. The topological polar surface area (TPSA) is 27.7 Å². The van der Waals surface area contributed by atoms with Gasteiger partial charge in [0.15, 0.2) is 0 Å². The van der Waals surface area contributed by atoms with Gasteiger partial charge in [-0.1, -0.05) is 13.8 Å². The fourth-order valence-corrected chi connectivity index (χ4v) is 3.09. The third kappa shape index (κ3) is 2.70. The molecule has 0 unspecified atom stereocenters. The minimum Gasteiger partial charge on any atom is -0.491 e. The molecule has 0 amide bonds. The second kappa shape index (κ2) is 5.17. The lowest BCUT2D eigenvalue weighted by molar-refractivity contribution is 0.196. The van der Waals surface area contributed by atoms with Gasteiger partial charge in [0, 0.05) is 50.9 Å². The van der Waals surface area contributed by atoms with Crippen molar-refractivity contribution in [3.63, 3.8) is 0 Å². The zero-order valence-electron chi connectivity index (χ0n) is 12.8. The molecule has 2 aliphatic rings. The molecule has 3 rings (SSSR count). The Kier molecular flexibility index (Phi) is 3.50. The van der Waals surface area contributed by atoms with E-state index in [4.69, 9.17) is 4.74 Å². The van der Waals surface area contributed by atoms with Crippen molar-refractivity contribution in [1.29, 1.82) is 0 Å². The Labute approximate surface area is 121 Å². The Morgan fingerprint density at radius 2 is 1.95 bits per heavy atom. The smallest absolute Gasteiger partial charge is 0.142 e. The third-order valence-electron chi connectivity index (χ3n) is 4.12. The maximum atomic E-state index is 6.00. The van der Waals surface area contributed by atoms with Gasteiger partial charge in [-0.25, -0.2) is 0 Å². The van der Waals surface area contributed by atoms with E-state index in [1.807, 2.05) is 0 Å². The molecule has 1 aromatic carbocycles. The van der Waals surface area contributed by atoms with Crippen LogP contribution in [0.2, 0.25) is 0 Å². The summed E-state index contributed by atoms with van der Waals surface area (Å²) in [5.41, 5.74) is 2.70. The molecule has 1 saturated heterocycles. The summed E-state index contributed by atoms with van der Waals surface area (Å²) in [5, 5.41) is 3.40. The van der Waals surface area contributed by atoms with Crippen molar-refractivity contribution < 1.29 is 4.74 Å². The van der Waals surface area contributed by atoms with Crippen LogP contribution in [-0.4, -0.2) is 46.4 Å². The Hall–Kier alpha value is -1.42. The monoisotopic (exact) mass is 275 g/mol. The number of ether oxygens (including phenoxy) is 1. The molecule has 20 heavy (non-hydrogen) atoms. The molecule has 110 valence electrons. The van der Waals surface area contributed by atoms with Crippen LogP contribution in [0.5, 0.6) is 5.75 Å². The van der Waals surface area contributed by atoms with E-state index >= 15 is 0 Å². The molecule has 0 bridgehead atoms. The highest BCUT2D eigenvalue weighted by atomic mass is 16.5. The maximum absolute atomic E-state index is 6.00. The fraction of sp³-hybridized carbons (Fsp3) is 0.625. The number of nitrogens with one attached hydrogen (secondary N) is 1. The first kappa shape index (κ1) is 13.6. The van der Waals surface area contributed by atoms with E-state index in [-0.39, 0.29) is 5.41 Å². The number of hydrogen-bond acceptors (Lipinski definition) is 4. The number of nitrogens with zero attached hydrogens (tertiary/aromatic N) is 2. The van der Waals surface area contributed by atoms with E-state index in [2.05, 4.69) is 54.2 Å². The molecule has 2 heterocycles. The van der Waals surface area contributed by atoms with Crippen molar-refractivity contribution in [1.82, 2.24) is 5.32 Å². The van der Waals surface area contributed by atoms with E-state index in [0.717, 1.165) is 45.1 Å². The fourth-order valence-electron chi connectivity index (χ4n) is 3.09. The third-order valence-corrected chi connectivity index (χ3v) is 4.12. The highest BCUT2D eigenvalue weighted by molar-refractivity contribution is 5.67. The molecule has 4 nitrogen and oxygen atoms in total. The lowest BCUT2D eigenvalue weighted by Gasteiger charge is -2.31. The molecule has 2 aliphatic heterocycles. The van der Waals surface area contributed by atoms with Crippen LogP contribution in [0.3, 0.4) is 0 Å². The predicted octanol–water partition coefficient (Wildman–Crippen LogP) is 1.95. The number of hydrogen-bond donors (Lipinski definition) is 1. The minimum absolute atomic E-state index is 0.184. The molecule has 1 N–H and O–H groups in total. The van der Waals surface area contributed by atoms with Crippen LogP contribution < -0.4 is 19.9 Å². The molecule has 0 aliphatic carbocycles. The summed E-state index contributed by atoms with van der Waals surface area (Å²) >= 11 is 0.